The molecule has 0 aromatic heterocycles. The summed E-state index contributed by atoms with van der Waals surface area (Å²) < 4.78 is 2.48. The van der Waals surface area contributed by atoms with Crippen molar-refractivity contribution < 1.29 is 21.6 Å². The van der Waals surface area contributed by atoms with E-state index < -0.39 is 0 Å². The molecule has 0 N–H and O–H groups in total. The summed E-state index contributed by atoms with van der Waals surface area (Å²) in [6.07, 6.45) is 8.49. The van der Waals surface area contributed by atoms with Gasteiger partial charge in [0.25, 0.3) is 0 Å². The Hall–Kier alpha value is -1.09. The van der Waals surface area contributed by atoms with E-state index in [-0.39, 0.29) is 22.5 Å². The van der Waals surface area contributed by atoms with Crippen LogP contribution in [0.25, 0.3) is 0 Å². The summed E-state index contributed by atoms with van der Waals surface area (Å²) in [5.41, 5.74) is 4.44. The van der Waals surface area contributed by atoms with Crippen molar-refractivity contribution in [1.82, 2.24) is 4.90 Å². The van der Waals surface area contributed by atoms with E-state index in [1.54, 1.807) is 0 Å². The van der Waals surface area contributed by atoms with Crippen molar-refractivity contribution in [3.63, 3.8) is 0 Å². The molecule has 1 aromatic carbocycles. The number of nitrogens with zero attached hydrogens (tertiary/aromatic N) is 2. The Morgan fingerprint density at radius 2 is 1.73 bits per heavy atom. The summed E-state index contributed by atoms with van der Waals surface area (Å²) in [5.74, 6) is 0. The lowest BCUT2D eigenvalue weighted by Gasteiger charge is -2.31. The van der Waals surface area contributed by atoms with Gasteiger partial charge in [-0.2, -0.15) is 0 Å². The van der Waals surface area contributed by atoms with Gasteiger partial charge >= 0.3 is 0 Å². The molecule has 0 atom stereocenters. The van der Waals surface area contributed by atoms with Crippen molar-refractivity contribution in [2.45, 2.75) is 52.1 Å². The van der Waals surface area contributed by atoms with Crippen molar-refractivity contribution in [1.29, 1.82) is 0 Å². The third-order valence-electron chi connectivity index (χ3n) is 4.82. The largest absolute Gasteiger partial charge is 1.00 e. The maximum atomic E-state index is 2.57. The molecule has 1 aromatic rings. The summed E-state index contributed by atoms with van der Waals surface area (Å²) in [4.78, 5) is 2.57. The van der Waals surface area contributed by atoms with Crippen LogP contribution in [0.15, 0.2) is 36.0 Å². The molecule has 0 saturated carbocycles. The predicted molar refractivity (Wildman–Crippen MR) is 88.8 cm³/mol. The van der Waals surface area contributed by atoms with E-state index in [1.165, 1.54) is 42.8 Å². The monoisotopic (exact) mass is 362 g/mol. The highest BCUT2D eigenvalue weighted by Gasteiger charge is 2.35. The Morgan fingerprint density at radius 3 is 2.32 bits per heavy atom. The zero-order chi connectivity index (χ0) is 14.9. The molecule has 0 aliphatic carbocycles. The van der Waals surface area contributed by atoms with Gasteiger partial charge in [0.1, 0.15) is 0 Å². The number of aryl methyl sites for hydroxylation is 1. The summed E-state index contributed by atoms with van der Waals surface area (Å²) >= 11 is 0. The minimum atomic E-state index is 0. The van der Waals surface area contributed by atoms with Gasteiger partial charge in [-0.25, -0.2) is 4.58 Å². The second-order valence-electron chi connectivity index (χ2n) is 7.10. The number of rotatable bonds is 3. The number of halogens is 1. The molecule has 120 valence electrons. The van der Waals surface area contributed by atoms with Crippen molar-refractivity contribution in [2.75, 3.05) is 13.1 Å². The minimum absolute atomic E-state index is 0. The normalized spacial score (nSPS) is 20.2. The van der Waals surface area contributed by atoms with Crippen molar-refractivity contribution >= 4 is 6.21 Å². The van der Waals surface area contributed by atoms with E-state index in [4.69, 9.17) is 0 Å². The van der Waals surface area contributed by atoms with Gasteiger partial charge < -0.3 is 21.9 Å². The third kappa shape index (κ3) is 3.81. The highest BCUT2D eigenvalue weighted by atomic mass is 79.9. The second-order valence-corrected chi connectivity index (χ2v) is 7.10. The standard InChI is InChI=1S/C19H27N2.BrH/c1-16-6-8-17(9-7-16)15-21-13-10-18(14-19(21,2)3)20-11-4-5-12-20;/h6-10,13H,4-5,11-12,14-15H2,1-3H3;1H/q+1;/p-1. The van der Waals surface area contributed by atoms with E-state index in [2.05, 4.69) is 66.8 Å². The van der Waals surface area contributed by atoms with Crippen molar-refractivity contribution in [3.8, 4) is 0 Å². The molecule has 0 amide bonds. The Balaban J connectivity index is 0.00000176. The lowest BCUT2D eigenvalue weighted by atomic mass is 9.93. The Kier molecular flexibility index (Phi) is 5.49. The van der Waals surface area contributed by atoms with Gasteiger partial charge in [0.05, 0.1) is 6.42 Å². The van der Waals surface area contributed by atoms with E-state index in [9.17, 15) is 0 Å². The molecule has 0 radical (unpaired) electrons. The van der Waals surface area contributed by atoms with Crippen LogP contribution < -0.4 is 17.0 Å². The summed E-state index contributed by atoms with van der Waals surface area (Å²) in [7, 11) is 0. The van der Waals surface area contributed by atoms with Gasteiger partial charge in [0.2, 0.25) is 0 Å². The molecule has 2 aliphatic heterocycles. The molecule has 0 spiro atoms. The van der Waals surface area contributed by atoms with Gasteiger partial charge in [0, 0.05) is 44.3 Å². The number of allylic oxidation sites excluding steroid dienone is 1. The van der Waals surface area contributed by atoms with Gasteiger partial charge in [-0.1, -0.05) is 29.8 Å². The van der Waals surface area contributed by atoms with Gasteiger partial charge in [-0.15, -0.1) is 0 Å². The molecule has 1 fully saturated rings. The predicted octanol–water partition coefficient (Wildman–Crippen LogP) is 0.744. The van der Waals surface area contributed by atoms with Crippen LogP contribution in [0.3, 0.4) is 0 Å². The van der Waals surface area contributed by atoms with E-state index >= 15 is 0 Å². The first-order valence-corrected chi connectivity index (χ1v) is 8.16. The molecule has 3 heteroatoms. The quantitative estimate of drug-likeness (QED) is 0.719. The lowest BCUT2D eigenvalue weighted by Crippen LogP contribution is -3.00. The zero-order valence-electron chi connectivity index (χ0n) is 14.0. The first-order chi connectivity index (χ1) is 10.0. The fourth-order valence-electron chi connectivity index (χ4n) is 3.36. The molecular weight excluding hydrogens is 336 g/mol. The van der Waals surface area contributed by atoms with Gasteiger partial charge in [0.15, 0.2) is 18.3 Å². The third-order valence-corrected chi connectivity index (χ3v) is 4.82. The molecule has 2 aliphatic rings. The van der Waals surface area contributed by atoms with Gasteiger partial charge in [-0.3, -0.25) is 0 Å². The van der Waals surface area contributed by atoms with E-state index in [1.807, 2.05) is 0 Å². The highest BCUT2D eigenvalue weighted by molar-refractivity contribution is 5.68. The minimum Gasteiger partial charge on any atom is -1.00 e. The second kappa shape index (κ2) is 6.99. The maximum Gasteiger partial charge on any atom is 0.168 e. The SMILES string of the molecule is Cc1ccc(C[N+]2=CC=C(N3CCCC3)CC2(C)C)cc1.[Br-]. The molecule has 22 heavy (non-hydrogen) atoms. The summed E-state index contributed by atoms with van der Waals surface area (Å²) in [6.45, 7) is 10.4. The number of benzene rings is 1. The molecule has 3 rings (SSSR count). The van der Waals surface area contributed by atoms with Crippen LogP contribution in [0.1, 0.15) is 44.2 Å². The van der Waals surface area contributed by atoms with Crippen LogP contribution in [0.4, 0.5) is 0 Å². The molecule has 2 nitrogen and oxygen atoms in total. The smallest absolute Gasteiger partial charge is 0.168 e. The summed E-state index contributed by atoms with van der Waals surface area (Å²) in [5, 5.41) is 0. The Morgan fingerprint density at radius 1 is 1.09 bits per heavy atom. The van der Waals surface area contributed by atoms with Crippen LogP contribution in [0, 0.1) is 6.92 Å². The first-order valence-electron chi connectivity index (χ1n) is 8.16. The Labute approximate surface area is 145 Å². The summed E-state index contributed by atoms with van der Waals surface area (Å²) in [6, 6.07) is 8.91. The fourth-order valence-corrected chi connectivity index (χ4v) is 3.36. The van der Waals surface area contributed by atoms with E-state index in [0.29, 0.717) is 0 Å². The molecule has 0 unspecified atom stereocenters. The van der Waals surface area contributed by atoms with Crippen LogP contribution >= 0.6 is 0 Å². The maximum absolute atomic E-state index is 2.57. The van der Waals surface area contributed by atoms with Crippen LogP contribution in [-0.4, -0.2) is 34.3 Å². The van der Waals surface area contributed by atoms with Crippen LogP contribution in [0.2, 0.25) is 0 Å². The van der Waals surface area contributed by atoms with E-state index in [0.717, 1.165) is 13.0 Å². The van der Waals surface area contributed by atoms with Crippen LogP contribution in [0.5, 0.6) is 0 Å². The Bertz CT molecular complexity index is 564. The molecule has 0 bridgehead atoms. The number of hydrogen-bond acceptors (Lipinski definition) is 1. The lowest BCUT2D eigenvalue weighted by molar-refractivity contribution is -0.612. The topological polar surface area (TPSA) is 6.25 Å². The van der Waals surface area contributed by atoms with Crippen molar-refractivity contribution in [2.24, 2.45) is 0 Å². The fraction of sp³-hybridized carbons (Fsp3) is 0.526. The average molecular weight is 363 g/mol. The van der Waals surface area contributed by atoms with Crippen LogP contribution in [-0.2, 0) is 6.54 Å². The first kappa shape index (κ1) is 17.3. The molecular formula is C19H27BrN2. The highest BCUT2D eigenvalue weighted by Crippen LogP contribution is 2.28. The van der Waals surface area contributed by atoms with Crippen molar-refractivity contribution in [3.05, 3.63) is 47.2 Å². The molecule has 1 saturated heterocycles. The zero-order valence-corrected chi connectivity index (χ0v) is 15.6. The number of likely N-dealkylation sites (tertiary alicyclic amines) is 1. The molecule has 2 heterocycles. The van der Waals surface area contributed by atoms with Gasteiger partial charge in [-0.05, 0) is 19.8 Å². The average Bonchev–Trinajstić information content (AvgIpc) is 2.97. The number of hydrogen-bond donors (Lipinski definition) is 0.